The number of hydrogen-bond acceptors (Lipinski definition) is 3. The summed E-state index contributed by atoms with van der Waals surface area (Å²) in [6.45, 7) is 2.44. The molecule has 1 heterocycles. The zero-order valence-electron chi connectivity index (χ0n) is 10.5. The Balaban J connectivity index is 2.07. The number of benzene rings is 1. The molecule has 98 valence electrons. The van der Waals surface area contributed by atoms with Gasteiger partial charge < -0.3 is 11.1 Å². The number of nitrogen functional groups attached to an aromatic ring is 1. The second-order valence-electron chi connectivity index (χ2n) is 4.28. The number of anilines is 1. The lowest BCUT2D eigenvalue weighted by molar-refractivity contribution is 0.0950. The van der Waals surface area contributed by atoms with E-state index in [2.05, 4.69) is 10.3 Å². The second kappa shape index (κ2) is 5.71. The fourth-order valence-electron chi connectivity index (χ4n) is 1.72. The lowest BCUT2D eigenvalue weighted by atomic mass is 10.1. The largest absolute Gasteiger partial charge is 0.397 e. The highest BCUT2D eigenvalue weighted by Crippen LogP contribution is 2.15. The summed E-state index contributed by atoms with van der Waals surface area (Å²) < 4.78 is 0. The number of amides is 1. The zero-order valence-corrected chi connectivity index (χ0v) is 11.2. The number of aromatic nitrogens is 1. The van der Waals surface area contributed by atoms with Crippen molar-refractivity contribution >= 4 is 23.2 Å². The number of rotatable bonds is 3. The summed E-state index contributed by atoms with van der Waals surface area (Å²) in [5.74, 6) is -0.286. The molecule has 4 nitrogen and oxygen atoms in total. The maximum Gasteiger partial charge on any atom is 0.254 e. The Hall–Kier alpha value is -2.07. The molecule has 0 saturated heterocycles. The van der Waals surface area contributed by atoms with E-state index in [1.165, 1.54) is 12.3 Å². The van der Waals surface area contributed by atoms with Crippen LogP contribution in [0, 0.1) is 6.92 Å². The molecule has 0 unspecified atom stereocenters. The summed E-state index contributed by atoms with van der Waals surface area (Å²) in [6.07, 6.45) is 1.42. The van der Waals surface area contributed by atoms with Crippen LogP contribution in [-0.2, 0) is 6.54 Å². The summed E-state index contributed by atoms with van der Waals surface area (Å²) in [6, 6.07) is 9.43. The normalized spacial score (nSPS) is 10.2. The van der Waals surface area contributed by atoms with Crippen LogP contribution in [0.5, 0.6) is 0 Å². The van der Waals surface area contributed by atoms with Gasteiger partial charge in [0, 0.05) is 6.54 Å². The molecule has 1 aromatic heterocycles. The van der Waals surface area contributed by atoms with E-state index in [1.54, 1.807) is 0 Å². The fourth-order valence-corrected chi connectivity index (χ4v) is 1.91. The number of pyridine rings is 1. The van der Waals surface area contributed by atoms with Gasteiger partial charge in [-0.15, -0.1) is 0 Å². The Kier molecular flexibility index (Phi) is 4.02. The lowest BCUT2D eigenvalue weighted by Crippen LogP contribution is -2.23. The van der Waals surface area contributed by atoms with E-state index >= 15 is 0 Å². The van der Waals surface area contributed by atoms with E-state index in [-0.39, 0.29) is 16.6 Å². The van der Waals surface area contributed by atoms with Crippen LogP contribution < -0.4 is 11.1 Å². The van der Waals surface area contributed by atoms with Crippen LogP contribution in [0.15, 0.2) is 36.5 Å². The number of carbonyl (C=O) groups excluding carboxylic acids is 1. The van der Waals surface area contributed by atoms with Crippen molar-refractivity contribution in [3.8, 4) is 0 Å². The number of aryl methyl sites for hydroxylation is 1. The molecule has 5 heteroatoms. The van der Waals surface area contributed by atoms with Crippen molar-refractivity contribution < 1.29 is 4.79 Å². The van der Waals surface area contributed by atoms with Crippen LogP contribution in [0.25, 0.3) is 0 Å². The summed E-state index contributed by atoms with van der Waals surface area (Å²) >= 11 is 5.87. The topological polar surface area (TPSA) is 68.0 Å². The maximum absolute atomic E-state index is 12.0. The molecule has 0 radical (unpaired) electrons. The minimum absolute atomic E-state index is 0.149. The van der Waals surface area contributed by atoms with Gasteiger partial charge in [0.25, 0.3) is 5.91 Å². The van der Waals surface area contributed by atoms with Gasteiger partial charge in [-0.25, -0.2) is 4.98 Å². The second-order valence-corrected chi connectivity index (χ2v) is 4.64. The quantitative estimate of drug-likeness (QED) is 0.846. The third-order valence-electron chi connectivity index (χ3n) is 2.64. The van der Waals surface area contributed by atoms with Crippen LogP contribution in [0.3, 0.4) is 0 Å². The molecule has 3 N–H and O–H groups in total. The summed E-state index contributed by atoms with van der Waals surface area (Å²) in [5, 5.41) is 2.94. The molecule has 1 amide bonds. The van der Waals surface area contributed by atoms with Gasteiger partial charge in [0.15, 0.2) is 0 Å². The minimum Gasteiger partial charge on any atom is -0.397 e. The maximum atomic E-state index is 12.0. The molecule has 0 spiro atoms. The number of nitrogens with zero attached hydrogens (tertiary/aromatic N) is 1. The molecular formula is C14H14ClN3O. The number of nitrogens with two attached hydrogens (primary N) is 1. The van der Waals surface area contributed by atoms with Gasteiger partial charge >= 0.3 is 0 Å². The Labute approximate surface area is 116 Å². The number of halogens is 1. The molecule has 0 aliphatic carbocycles. The predicted octanol–water partition coefficient (Wildman–Crippen LogP) is 2.56. The minimum atomic E-state index is -0.286. The van der Waals surface area contributed by atoms with E-state index in [0.29, 0.717) is 12.2 Å². The first kappa shape index (κ1) is 13.4. The van der Waals surface area contributed by atoms with E-state index in [0.717, 1.165) is 11.1 Å². The molecule has 0 fully saturated rings. The van der Waals surface area contributed by atoms with E-state index in [4.69, 9.17) is 17.3 Å². The highest BCUT2D eigenvalue weighted by Gasteiger charge is 2.11. The third-order valence-corrected chi connectivity index (χ3v) is 2.94. The highest BCUT2D eigenvalue weighted by molar-refractivity contribution is 6.32. The van der Waals surface area contributed by atoms with Crippen molar-refractivity contribution in [1.29, 1.82) is 0 Å². The highest BCUT2D eigenvalue weighted by atomic mass is 35.5. The summed E-state index contributed by atoms with van der Waals surface area (Å²) in [7, 11) is 0. The molecule has 0 aliphatic heterocycles. The van der Waals surface area contributed by atoms with E-state index < -0.39 is 0 Å². The van der Waals surface area contributed by atoms with Crippen molar-refractivity contribution in [1.82, 2.24) is 10.3 Å². The summed E-state index contributed by atoms with van der Waals surface area (Å²) in [4.78, 5) is 15.8. The van der Waals surface area contributed by atoms with Crippen molar-refractivity contribution in [2.45, 2.75) is 13.5 Å². The van der Waals surface area contributed by atoms with Crippen LogP contribution in [0.2, 0.25) is 5.15 Å². The van der Waals surface area contributed by atoms with Crippen molar-refractivity contribution in [2.75, 3.05) is 5.73 Å². The molecule has 2 rings (SSSR count). The Morgan fingerprint density at radius 2 is 2.21 bits per heavy atom. The monoisotopic (exact) mass is 275 g/mol. The predicted molar refractivity (Wildman–Crippen MR) is 76.0 cm³/mol. The summed E-state index contributed by atoms with van der Waals surface area (Å²) in [5.41, 5.74) is 8.46. The van der Waals surface area contributed by atoms with Crippen LogP contribution in [0.1, 0.15) is 21.5 Å². The smallest absolute Gasteiger partial charge is 0.254 e. The molecule has 0 aliphatic rings. The van der Waals surface area contributed by atoms with Gasteiger partial charge in [-0.05, 0) is 18.6 Å². The zero-order chi connectivity index (χ0) is 13.8. The molecular weight excluding hydrogens is 262 g/mol. The fraction of sp³-hybridized carbons (Fsp3) is 0.143. The van der Waals surface area contributed by atoms with E-state index in [9.17, 15) is 4.79 Å². The first-order valence-corrected chi connectivity index (χ1v) is 6.19. The Morgan fingerprint density at radius 3 is 2.95 bits per heavy atom. The standard InChI is InChI=1S/C14H14ClN3O/c1-9-3-2-4-10(5-9)7-18-14(19)12-6-11(16)8-17-13(12)15/h2-6,8H,7,16H2,1H3,(H,18,19). The molecule has 0 atom stereocenters. The van der Waals surface area contributed by atoms with Gasteiger partial charge in [0.1, 0.15) is 5.15 Å². The first-order chi connectivity index (χ1) is 9.06. The van der Waals surface area contributed by atoms with Crippen LogP contribution in [0.4, 0.5) is 5.69 Å². The lowest BCUT2D eigenvalue weighted by Gasteiger charge is -2.07. The van der Waals surface area contributed by atoms with Gasteiger partial charge in [0.2, 0.25) is 0 Å². The van der Waals surface area contributed by atoms with Crippen LogP contribution in [-0.4, -0.2) is 10.9 Å². The van der Waals surface area contributed by atoms with Crippen LogP contribution >= 0.6 is 11.6 Å². The molecule has 1 aromatic carbocycles. The van der Waals surface area contributed by atoms with Crippen molar-refractivity contribution in [3.63, 3.8) is 0 Å². The van der Waals surface area contributed by atoms with Gasteiger partial charge in [0.05, 0.1) is 17.4 Å². The van der Waals surface area contributed by atoms with Gasteiger partial charge in [-0.3, -0.25) is 4.79 Å². The average Bonchev–Trinajstić information content (AvgIpc) is 2.39. The van der Waals surface area contributed by atoms with E-state index in [1.807, 2.05) is 31.2 Å². The van der Waals surface area contributed by atoms with Crippen molar-refractivity contribution in [3.05, 3.63) is 58.4 Å². The van der Waals surface area contributed by atoms with Gasteiger partial charge in [-0.1, -0.05) is 41.4 Å². The molecule has 2 aromatic rings. The SMILES string of the molecule is Cc1cccc(CNC(=O)c2cc(N)cnc2Cl)c1. The van der Waals surface area contributed by atoms with Crippen molar-refractivity contribution in [2.24, 2.45) is 0 Å². The molecule has 0 bridgehead atoms. The first-order valence-electron chi connectivity index (χ1n) is 5.81. The average molecular weight is 276 g/mol. The number of hydrogen-bond donors (Lipinski definition) is 2. The van der Waals surface area contributed by atoms with Gasteiger partial charge in [-0.2, -0.15) is 0 Å². The molecule has 19 heavy (non-hydrogen) atoms. The number of nitrogens with one attached hydrogen (secondary N) is 1. The third kappa shape index (κ3) is 3.45. The Morgan fingerprint density at radius 1 is 1.42 bits per heavy atom. The molecule has 0 saturated carbocycles. The Bertz CT molecular complexity index is 613. The number of carbonyl (C=O) groups is 1.